The van der Waals surface area contributed by atoms with Gasteiger partial charge in [0.1, 0.15) is 5.82 Å². The largest absolute Gasteiger partial charge is 0.384 e. The van der Waals surface area contributed by atoms with Crippen molar-refractivity contribution in [2.45, 2.75) is 25.3 Å². The Labute approximate surface area is 212 Å². The average Bonchev–Trinajstić information content (AvgIpc) is 3.60. The molecular weight excluding hydrogens is 472 g/mol. The lowest BCUT2D eigenvalue weighted by Gasteiger charge is -2.46. The van der Waals surface area contributed by atoms with Crippen LogP contribution in [0.2, 0.25) is 0 Å². The lowest BCUT2D eigenvalue weighted by atomic mass is 9.65. The van der Waals surface area contributed by atoms with Gasteiger partial charge in [-0.1, -0.05) is 18.7 Å². The minimum absolute atomic E-state index is 0.00132. The number of thiophene rings is 1. The molecule has 3 N–H and O–H groups in total. The lowest BCUT2D eigenvalue weighted by Crippen LogP contribution is -2.42. The normalized spacial score (nSPS) is 21.0. The molecular formula is C27H26N6O2S. The number of nitrogens with zero attached hydrogens (tertiary/aromatic N) is 4. The molecule has 1 aromatic carbocycles. The number of fused-ring (bicyclic) bond motifs is 1. The summed E-state index contributed by atoms with van der Waals surface area (Å²) in [6.07, 6.45) is 6.00. The van der Waals surface area contributed by atoms with Gasteiger partial charge in [-0.15, -0.1) is 11.3 Å². The fourth-order valence-corrected chi connectivity index (χ4v) is 6.43. The highest BCUT2D eigenvalue weighted by molar-refractivity contribution is 7.17. The number of rotatable bonds is 5. The highest BCUT2D eigenvalue weighted by Crippen LogP contribution is 2.55. The Morgan fingerprint density at radius 3 is 2.78 bits per heavy atom. The number of nitrogen functional groups attached to an aromatic ring is 1. The van der Waals surface area contributed by atoms with Gasteiger partial charge in [0.25, 0.3) is 5.91 Å². The first-order chi connectivity index (χ1) is 17.4. The van der Waals surface area contributed by atoms with E-state index in [1.807, 2.05) is 47.4 Å². The Morgan fingerprint density at radius 1 is 1.17 bits per heavy atom. The molecule has 36 heavy (non-hydrogen) atoms. The van der Waals surface area contributed by atoms with E-state index in [1.165, 1.54) is 17.4 Å². The van der Waals surface area contributed by atoms with Crippen LogP contribution < -0.4 is 11.1 Å². The fraction of sp³-hybridized carbons (Fsp3) is 0.259. The van der Waals surface area contributed by atoms with Crippen molar-refractivity contribution in [2.24, 2.45) is 5.41 Å². The van der Waals surface area contributed by atoms with Crippen LogP contribution >= 0.6 is 11.3 Å². The van der Waals surface area contributed by atoms with Crippen molar-refractivity contribution < 1.29 is 9.59 Å². The smallest absolute Gasteiger partial charge is 0.268 e. The van der Waals surface area contributed by atoms with E-state index >= 15 is 0 Å². The van der Waals surface area contributed by atoms with Crippen molar-refractivity contribution >= 4 is 46.0 Å². The molecule has 2 aliphatic rings. The quantitative estimate of drug-likeness (QED) is 0.387. The van der Waals surface area contributed by atoms with Gasteiger partial charge in [0.15, 0.2) is 0 Å². The second kappa shape index (κ2) is 8.60. The Balaban J connectivity index is 1.24. The van der Waals surface area contributed by atoms with Crippen LogP contribution in [-0.2, 0) is 4.79 Å². The van der Waals surface area contributed by atoms with Crippen LogP contribution in [0.5, 0.6) is 0 Å². The number of amides is 2. The summed E-state index contributed by atoms with van der Waals surface area (Å²) < 4.78 is 2.16. The van der Waals surface area contributed by atoms with E-state index in [-0.39, 0.29) is 23.3 Å². The van der Waals surface area contributed by atoms with E-state index in [2.05, 4.69) is 21.4 Å². The van der Waals surface area contributed by atoms with Crippen LogP contribution in [-0.4, -0.2) is 44.3 Å². The van der Waals surface area contributed by atoms with Crippen molar-refractivity contribution in [3.05, 3.63) is 72.3 Å². The Bertz CT molecular complexity index is 1480. The van der Waals surface area contributed by atoms with Crippen LogP contribution in [0, 0.1) is 5.41 Å². The second-order valence-corrected chi connectivity index (χ2v) is 10.7. The number of likely N-dealkylation sites (tertiary alicyclic amines) is 1. The maximum atomic E-state index is 13.2. The van der Waals surface area contributed by atoms with Gasteiger partial charge >= 0.3 is 0 Å². The molecule has 0 radical (unpaired) electrons. The summed E-state index contributed by atoms with van der Waals surface area (Å²) in [5.74, 6) is 0.829. The third-order valence-corrected chi connectivity index (χ3v) is 8.48. The summed E-state index contributed by atoms with van der Waals surface area (Å²) >= 11 is 1.40. The van der Waals surface area contributed by atoms with Crippen molar-refractivity contribution in [1.29, 1.82) is 0 Å². The zero-order chi connectivity index (χ0) is 24.9. The van der Waals surface area contributed by atoms with Gasteiger partial charge in [0, 0.05) is 35.8 Å². The predicted octanol–water partition coefficient (Wildman–Crippen LogP) is 4.73. The standard InChI is InChI=1S/C27H26N6O2S/c1-2-24(34)32-12-11-27(16-32)13-18(14-27)33-20-6-4-3-5-19(20)30-26(33)31-25(35)22-9-8-21(36-22)17-7-10-23(28)29-15-17/h2-10,15,18H,1,11-14,16H2,(H2,28,29)(H,30,31,35). The molecule has 182 valence electrons. The number of nitrogens with two attached hydrogens (primary N) is 1. The summed E-state index contributed by atoms with van der Waals surface area (Å²) in [6, 6.07) is 15.6. The number of hydrogen-bond acceptors (Lipinski definition) is 6. The number of benzene rings is 1. The van der Waals surface area contributed by atoms with Gasteiger partial charge < -0.3 is 15.2 Å². The molecule has 2 amide bonds. The molecule has 1 aliphatic heterocycles. The number of nitrogens with one attached hydrogen (secondary N) is 1. The summed E-state index contributed by atoms with van der Waals surface area (Å²) in [5, 5.41) is 3.06. The van der Waals surface area contributed by atoms with Gasteiger partial charge in [0.2, 0.25) is 11.9 Å². The third-order valence-electron chi connectivity index (χ3n) is 7.35. The SMILES string of the molecule is C=CC(=O)N1CCC2(CC(n3c(NC(=O)c4ccc(-c5ccc(N)nc5)s4)nc4ccccc43)C2)C1. The lowest BCUT2D eigenvalue weighted by molar-refractivity contribution is -0.125. The molecule has 8 nitrogen and oxygen atoms in total. The van der Waals surface area contributed by atoms with E-state index in [9.17, 15) is 9.59 Å². The van der Waals surface area contributed by atoms with Gasteiger partial charge in [-0.2, -0.15) is 0 Å². The number of carbonyl (C=O) groups excluding carboxylic acids is 2. The van der Waals surface area contributed by atoms with E-state index < -0.39 is 0 Å². The van der Waals surface area contributed by atoms with Gasteiger partial charge in [-0.05, 0) is 67.2 Å². The number of imidazole rings is 1. The van der Waals surface area contributed by atoms with Crippen molar-refractivity contribution in [3.63, 3.8) is 0 Å². The van der Waals surface area contributed by atoms with E-state index in [4.69, 9.17) is 10.7 Å². The highest BCUT2D eigenvalue weighted by Gasteiger charge is 2.50. The van der Waals surface area contributed by atoms with Gasteiger partial charge in [-0.25, -0.2) is 9.97 Å². The van der Waals surface area contributed by atoms with Crippen LogP contribution in [0.4, 0.5) is 11.8 Å². The molecule has 1 spiro atoms. The minimum Gasteiger partial charge on any atom is -0.384 e. The third kappa shape index (κ3) is 3.85. The van der Waals surface area contributed by atoms with E-state index in [1.54, 1.807) is 12.3 Å². The summed E-state index contributed by atoms with van der Waals surface area (Å²) in [7, 11) is 0. The van der Waals surface area contributed by atoms with Gasteiger partial charge in [0.05, 0.1) is 15.9 Å². The topological polar surface area (TPSA) is 106 Å². The van der Waals surface area contributed by atoms with E-state index in [0.29, 0.717) is 16.6 Å². The maximum Gasteiger partial charge on any atom is 0.268 e. The molecule has 0 unspecified atom stereocenters. The highest BCUT2D eigenvalue weighted by atomic mass is 32.1. The monoisotopic (exact) mass is 498 g/mol. The molecule has 0 atom stereocenters. The van der Waals surface area contributed by atoms with Crippen LogP contribution in [0.25, 0.3) is 21.5 Å². The molecule has 4 aromatic rings. The average molecular weight is 499 g/mol. The summed E-state index contributed by atoms with van der Waals surface area (Å²) in [6.45, 7) is 5.16. The first-order valence-corrected chi connectivity index (χ1v) is 12.8. The summed E-state index contributed by atoms with van der Waals surface area (Å²) in [5.41, 5.74) is 8.60. The van der Waals surface area contributed by atoms with Gasteiger partial charge in [-0.3, -0.25) is 14.9 Å². The fourth-order valence-electron chi connectivity index (χ4n) is 5.54. The van der Waals surface area contributed by atoms with Crippen molar-refractivity contribution in [3.8, 4) is 10.4 Å². The van der Waals surface area contributed by atoms with Crippen LogP contribution in [0.1, 0.15) is 35.0 Å². The number of anilines is 2. The van der Waals surface area contributed by atoms with Crippen LogP contribution in [0.3, 0.4) is 0 Å². The molecule has 6 rings (SSSR count). The Kier molecular flexibility index (Phi) is 5.37. The molecule has 1 aliphatic carbocycles. The number of para-hydroxylation sites is 2. The molecule has 1 saturated carbocycles. The first kappa shape index (κ1) is 22.5. The molecule has 3 aromatic heterocycles. The van der Waals surface area contributed by atoms with E-state index in [0.717, 1.165) is 53.8 Å². The zero-order valence-electron chi connectivity index (χ0n) is 19.7. The molecule has 9 heteroatoms. The molecule has 4 heterocycles. The van der Waals surface area contributed by atoms with Crippen molar-refractivity contribution in [1.82, 2.24) is 19.4 Å². The molecule has 1 saturated heterocycles. The second-order valence-electron chi connectivity index (χ2n) is 9.66. The van der Waals surface area contributed by atoms with Crippen molar-refractivity contribution in [2.75, 3.05) is 24.1 Å². The molecule has 0 bridgehead atoms. The summed E-state index contributed by atoms with van der Waals surface area (Å²) in [4.78, 5) is 37.6. The Hall–Kier alpha value is -3.98. The maximum absolute atomic E-state index is 13.2. The zero-order valence-corrected chi connectivity index (χ0v) is 20.5. The number of hydrogen-bond donors (Lipinski definition) is 2. The van der Waals surface area contributed by atoms with Crippen LogP contribution in [0.15, 0.2) is 67.4 Å². The number of pyridine rings is 1. The number of aromatic nitrogens is 3. The first-order valence-electron chi connectivity index (χ1n) is 12.0. The minimum atomic E-state index is -0.191. The predicted molar refractivity (Wildman–Crippen MR) is 142 cm³/mol. The molecule has 2 fully saturated rings. The number of carbonyl (C=O) groups is 2. The Morgan fingerprint density at radius 2 is 2.00 bits per heavy atom.